The summed E-state index contributed by atoms with van der Waals surface area (Å²) < 4.78 is 0. The number of nitrogens with zero attached hydrogens (tertiary/aromatic N) is 1. The molecule has 0 radical (unpaired) electrons. The second-order valence-corrected chi connectivity index (χ2v) is 4.11. The van der Waals surface area contributed by atoms with Gasteiger partial charge in [0.2, 0.25) is 0 Å². The quantitative estimate of drug-likeness (QED) is 0.766. The summed E-state index contributed by atoms with van der Waals surface area (Å²) in [6.45, 7) is 6.60. The minimum atomic E-state index is 0.600. The first-order valence-corrected chi connectivity index (χ1v) is 5.95. The third-order valence-electron chi connectivity index (χ3n) is 2.67. The molecule has 0 spiro atoms. The molecule has 0 fully saturated rings. The zero-order chi connectivity index (χ0) is 11.1. The van der Waals surface area contributed by atoms with Gasteiger partial charge < -0.3 is 5.32 Å². The van der Waals surface area contributed by atoms with Gasteiger partial charge in [-0.3, -0.25) is 4.98 Å². The fraction of sp³-hybridized carbons (Fsp3) is 0.615. The third-order valence-corrected chi connectivity index (χ3v) is 2.67. The minimum absolute atomic E-state index is 0.600. The maximum absolute atomic E-state index is 4.16. The van der Waals surface area contributed by atoms with Crippen molar-refractivity contribution in [3.05, 3.63) is 24.0 Å². The van der Waals surface area contributed by atoms with Crippen molar-refractivity contribution < 1.29 is 0 Å². The first-order valence-electron chi connectivity index (χ1n) is 5.95. The highest BCUT2D eigenvalue weighted by molar-refractivity contribution is 5.48. The van der Waals surface area contributed by atoms with E-state index in [0.717, 1.165) is 0 Å². The van der Waals surface area contributed by atoms with Crippen molar-refractivity contribution in [3.8, 4) is 0 Å². The predicted molar refractivity (Wildman–Crippen MR) is 66.2 cm³/mol. The maximum atomic E-state index is 4.16. The van der Waals surface area contributed by atoms with Gasteiger partial charge in [0.15, 0.2) is 0 Å². The smallest absolute Gasteiger partial charge is 0.0558 e. The van der Waals surface area contributed by atoms with E-state index >= 15 is 0 Å². The lowest BCUT2D eigenvalue weighted by molar-refractivity contribution is 0.586. The summed E-state index contributed by atoms with van der Waals surface area (Å²) in [6, 6.07) is 2.65. The number of aromatic nitrogens is 1. The number of hydrogen-bond donors (Lipinski definition) is 1. The van der Waals surface area contributed by atoms with Crippen LogP contribution in [0.4, 0.5) is 5.69 Å². The Morgan fingerprint density at radius 3 is 2.47 bits per heavy atom. The molecule has 0 amide bonds. The lowest BCUT2D eigenvalue weighted by atomic mass is 10.1. The van der Waals surface area contributed by atoms with E-state index in [1.165, 1.54) is 36.9 Å². The van der Waals surface area contributed by atoms with Crippen molar-refractivity contribution in [2.45, 2.75) is 52.5 Å². The Hall–Kier alpha value is -1.05. The highest BCUT2D eigenvalue weighted by Gasteiger charge is 2.07. The van der Waals surface area contributed by atoms with Gasteiger partial charge in [0.25, 0.3) is 0 Å². The Bertz CT molecular complexity index is 278. The van der Waals surface area contributed by atoms with Crippen molar-refractivity contribution in [2.24, 2.45) is 0 Å². The van der Waals surface area contributed by atoms with Crippen molar-refractivity contribution >= 4 is 5.69 Å². The van der Waals surface area contributed by atoms with Gasteiger partial charge in [-0.05, 0) is 31.4 Å². The topological polar surface area (TPSA) is 24.9 Å². The van der Waals surface area contributed by atoms with Gasteiger partial charge in [0.05, 0.1) is 11.9 Å². The molecule has 0 aliphatic heterocycles. The van der Waals surface area contributed by atoms with Crippen LogP contribution in [-0.2, 0) is 0 Å². The van der Waals surface area contributed by atoms with Crippen LogP contribution < -0.4 is 5.32 Å². The molecule has 15 heavy (non-hydrogen) atoms. The lowest BCUT2D eigenvalue weighted by Gasteiger charge is -2.19. The molecule has 84 valence electrons. The molecule has 2 nitrogen and oxygen atoms in total. The van der Waals surface area contributed by atoms with Gasteiger partial charge in [-0.2, -0.15) is 0 Å². The molecule has 1 aromatic heterocycles. The molecule has 1 heterocycles. The number of aryl methyl sites for hydroxylation is 1. The van der Waals surface area contributed by atoms with Crippen LogP contribution in [0.5, 0.6) is 0 Å². The van der Waals surface area contributed by atoms with E-state index in [2.05, 4.69) is 37.1 Å². The third kappa shape index (κ3) is 3.90. The molecule has 1 N–H and O–H groups in total. The molecule has 0 aromatic carbocycles. The number of nitrogens with one attached hydrogen (secondary N) is 1. The van der Waals surface area contributed by atoms with Crippen LogP contribution in [0.1, 0.15) is 45.1 Å². The first-order chi connectivity index (χ1) is 7.27. The summed E-state index contributed by atoms with van der Waals surface area (Å²) >= 11 is 0. The van der Waals surface area contributed by atoms with Gasteiger partial charge in [0, 0.05) is 12.2 Å². The average molecular weight is 206 g/mol. The van der Waals surface area contributed by atoms with Crippen molar-refractivity contribution in [2.75, 3.05) is 5.32 Å². The molecule has 0 aliphatic carbocycles. The summed E-state index contributed by atoms with van der Waals surface area (Å²) in [5.74, 6) is 0. The normalized spacial score (nSPS) is 10.7. The highest BCUT2D eigenvalue weighted by atomic mass is 14.9. The summed E-state index contributed by atoms with van der Waals surface area (Å²) in [4.78, 5) is 4.16. The molecule has 0 atom stereocenters. The van der Waals surface area contributed by atoms with Crippen LogP contribution in [0.15, 0.2) is 18.5 Å². The standard InChI is InChI=1S/C13H22N2/c1-4-6-12(7-5-2)15-13-10-14-9-8-11(13)3/h8-10,12,15H,4-7H2,1-3H3. The van der Waals surface area contributed by atoms with Crippen molar-refractivity contribution in [1.29, 1.82) is 0 Å². The van der Waals surface area contributed by atoms with Gasteiger partial charge in [-0.1, -0.05) is 26.7 Å². The number of pyridine rings is 1. The van der Waals surface area contributed by atoms with E-state index in [9.17, 15) is 0 Å². The minimum Gasteiger partial charge on any atom is -0.381 e. The molecule has 1 rings (SSSR count). The van der Waals surface area contributed by atoms with E-state index in [4.69, 9.17) is 0 Å². The van der Waals surface area contributed by atoms with Gasteiger partial charge in [0.1, 0.15) is 0 Å². The number of rotatable bonds is 6. The van der Waals surface area contributed by atoms with E-state index in [1.54, 1.807) is 0 Å². The van der Waals surface area contributed by atoms with Gasteiger partial charge in [-0.15, -0.1) is 0 Å². The Kier molecular flexibility index (Phi) is 5.16. The van der Waals surface area contributed by atoms with E-state index in [0.29, 0.717) is 6.04 Å². The Morgan fingerprint density at radius 1 is 1.27 bits per heavy atom. The first kappa shape index (κ1) is 12.0. The van der Waals surface area contributed by atoms with Crippen molar-refractivity contribution in [1.82, 2.24) is 4.98 Å². The summed E-state index contributed by atoms with van der Waals surface area (Å²) in [5.41, 5.74) is 2.46. The molecule has 0 saturated heterocycles. The molecule has 0 bridgehead atoms. The van der Waals surface area contributed by atoms with Crippen LogP contribution >= 0.6 is 0 Å². The summed E-state index contributed by atoms with van der Waals surface area (Å²) in [6.07, 6.45) is 8.71. The molecule has 0 aliphatic rings. The molecule has 0 unspecified atom stereocenters. The van der Waals surface area contributed by atoms with E-state index < -0.39 is 0 Å². The Morgan fingerprint density at radius 2 is 1.93 bits per heavy atom. The number of anilines is 1. The van der Waals surface area contributed by atoms with Crippen molar-refractivity contribution in [3.63, 3.8) is 0 Å². The van der Waals surface area contributed by atoms with Crippen LogP contribution in [0, 0.1) is 6.92 Å². The molecular weight excluding hydrogens is 184 g/mol. The second kappa shape index (κ2) is 6.44. The SMILES string of the molecule is CCCC(CCC)Nc1cnccc1C. The molecular formula is C13H22N2. The maximum Gasteiger partial charge on any atom is 0.0558 e. The van der Waals surface area contributed by atoms with Crippen LogP contribution in [0.3, 0.4) is 0 Å². The molecule has 1 aromatic rings. The largest absolute Gasteiger partial charge is 0.381 e. The van der Waals surface area contributed by atoms with E-state index in [1.807, 2.05) is 12.4 Å². The molecule has 0 saturated carbocycles. The average Bonchev–Trinajstić information content (AvgIpc) is 2.22. The van der Waals surface area contributed by atoms with Crippen LogP contribution in [-0.4, -0.2) is 11.0 Å². The number of hydrogen-bond acceptors (Lipinski definition) is 2. The lowest BCUT2D eigenvalue weighted by Crippen LogP contribution is -2.19. The van der Waals surface area contributed by atoms with E-state index in [-0.39, 0.29) is 0 Å². The zero-order valence-corrected chi connectivity index (χ0v) is 10.1. The highest BCUT2D eigenvalue weighted by Crippen LogP contribution is 2.16. The fourth-order valence-corrected chi connectivity index (χ4v) is 1.82. The summed E-state index contributed by atoms with van der Waals surface area (Å²) in [5, 5.41) is 3.59. The van der Waals surface area contributed by atoms with Crippen LogP contribution in [0.25, 0.3) is 0 Å². The summed E-state index contributed by atoms with van der Waals surface area (Å²) in [7, 11) is 0. The molecule has 2 heteroatoms. The van der Waals surface area contributed by atoms with Gasteiger partial charge >= 0.3 is 0 Å². The fourth-order valence-electron chi connectivity index (χ4n) is 1.82. The second-order valence-electron chi connectivity index (χ2n) is 4.11. The Balaban J connectivity index is 2.60. The predicted octanol–water partition coefficient (Wildman–Crippen LogP) is 3.77. The zero-order valence-electron chi connectivity index (χ0n) is 10.1. The Labute approximate surface area is 93.1 Å². The van der Waals surface area contributed by atoms with Gasteiger partial charge in [-0.25, -0.2) is 0 Å². The monoisotopic (exact) mass is 206 g/mol. The van der Waals surface area contributed by atoms with Crippen LogP contribution in [0.2, 0.25) is 0 Å².